The number of nitrogens with two attached hydrogens (primary N) is 1. The first-order valence-corrected chi connectivity index (χ1v) is 6.25. The highest BCUT2D eigenvalue weighted by atomic mass is 35.5. The van der Waals surface area contributed by atoms with E-state index in [0.29, 0.717) is 21.6 Å². The van der Waals surface area contributed by atoms with Gasteiger partial charge in [0.1, 0.15) is 12.1 Å². The van der Waals surface area contributed by atoms with Gasteiger partial charge in [-0.05, 0) is 24.6 Å². The average Bonchev–Trinajstić information content (AvgIpc) is 2.82. The number of nitrogens with zero attached hydrogens (tertiary/aromatic N) is 4. The molecular formula is C12H9Cl2N5. The van der Waals surface area contributed by atoms with Crippen LogP contribution in [-0.4, -0.2) is 19.6 Å². The van der Waals surface area contributed by atoms with Gasteiger partial charge in [-0.25, -0.2) is 4.98 Å². The Kier molecular flexibility index (Phi) is 2.80. The van der Waals surface area contributed by atoms with Crippen molar-refractivity contribution in [1.29, 1.82) is 0 Å². The summed E-state index contributed by atoms with van der Waals surface area (Å²) >= 11 is 12.0. The van der Waals surface area contributed by atoms with Gasteiger partial charge in [-0.3, -0.25) is 0 Å². The fraction of sp³-hybridized carbons (Fsp3) is 0.0833. The van der Waals surface area contributed by atoms with Crippen molar-refractivity contribution in [2.24, 2.45) is 0 Å². The number of hydrogen-bond acceptors (Lipinski definition) is 4. The molecule has 5 nitrogen and oxygen atoms in total. The summed E-state index contributed by atoms with van der Waals surface area (Å²) in [6.07, 6.45) is 1.41. The highest BCUT2D eigenvalue weighted by molar-refractivity contribution is 6.42. The average molecular weight is 294 g/mol. The minimum Gasteiger partial charge on any atom is -0.383 e. The molecule has 0 saturated heterocycles. The Bertz CT molecular complexity index is 781. The van der Waals surface area contributed by atoms with E-state index in [1.807, 2.05) is 13.0 Å². The van der Waals surface area contributed by atoms with Gasteiger partial charge in [-0.1, -0.05) is 29.3 Å². The molecule has 2 heterocycles. The zero-order chi connectivity index (χ0) is 13.6. The van der Waals surface area contributed by atoms with E-state index in [4.69, 9.17) is 28.9 Å². The molecule has 3 aromatic rings. The lowest BCUT2D eigenvalue weighted by Crippen LogP contribution is -2.05. The first kappa shape index (κ1) is 12.2. The number of anilines is 1. The molecule has 0 aliphatic heterocycles. The quantitative estimate of drug-likeness (QED) is 0.749. The Morgan fingerprint density at radius 3 is 2.74 bits per heavy atom. The predicted molar refractivity (Wildman–Crippen MR) is 75.4 cm³/mol. The van der Waals surface area contributed by atoms with E-state index in [0.717, 1.165) is 16.8 Å². The summed E-state index contributed by atoms with van der Waals surface area (Å²) in [6.45, 7) is 1.86. The molecule has 0 saturated carbocycles. The molecule has 0 bridgehead atoms. The number of rotatable bonds is 1. The molecule has 0 atom stereocenters. The highest BCUT2D eigenvalue weighted by Crippen LogP contribution is 2.33. The predicted octanol–water partition coefficient (Wildman–Crippen LogP) is 2.99. The lowest BCUT2D eigenvalue weighted by molar-refractivity contribution is 0.944. The van der Waals surface area contributed by atoms with Gasteiger partial charge in [0, 0.05) is 5.56 Å². The third kappa shape index (κ3) is 1.91. The van der Waals surface area contributed by atoms with E-state index >= 15 is 0 Å². The molecule has 2 aromatic heterocycles. The first-order chi connectivity index (χ1) is 9.08. The molecule has 1 aromatic carbocycles. The lowest BCUT2D eigenvalue weighted by Gasteiger charge is -2.10. The molecule has 0 aliphatic rings. The zero-order valence-electron chi connectivity index (χ0n) is 9.93. The second-order valence-corrected chi connectivity index (χ2v) is 4.87. The van der Waals surface area contributed by atoms with Crippen molar-refractivity contribution in [2.45, 2.75) is 6.92 Å². The van der Waals surface area contributed by atoms with Crippen molar-refractivity contribution in [3.8, 4) is 11.1 Å². The Morgan fingerprint density at radius 2 is 2.00 bits per heavy atom. The third-order valence-corrected chi connectivity index (χ3v) is 3.59. The number of benzene rings is 1. The summed E-state index contributed by atoms with van der Waals surface area (Å²) in [5.74, 6) is 0.942. The first-order valence-electron chi connectivity index (χ1n) is 5.49. The normalized spacial score (nSPS) is 11.1. The number of aromatic nitrogens is 4. The van der Waals surface area contributed by atoms with E-state index in [9.17, 15) is 0 Å². The SMILES string of the molecule is Cc1nc2ncnn2c(N)c1-c1ccc(Cl)c(Cl)c1. The number of halogens is 2. The maximum Gasteiger partial charge on any atom is 0.254 e. The van der Waals surface area contributed by atoms with Crippen LogP contribution in [0.1, 0.15) is 5.69 Å². The fourth-order valence-corrected chi connectivity index (χ4v) is 2.29. The fourth-order valence-electron chi connectivity index (χ4n) is 1.99. The second kappa shape index (κ2) is 4.36. The summed E-state index contributed by atoms with van der Waals surface area (Å²) in [7, 11) is 0. The minimum atomic E-state index is 0.469. The van der Waals surface area contributed by atoms with Crippen LogP contribution in [0.2, 0.25) is 10.0 Å². The Morgan fingerprint density at radius 1 is 1.21 bits per heavy atom. The second-order valence-electron chi connectivity index (χ2n) is 4.06. The van der Waals surface area contributed by atoms with Crippen molar-refractivity contribution in [1.82, 2.24) is 19.6 Å². The van der Waals surface area contributed by atoms with Gasteiger partial charge in [0.25, 0.3) is 5.78 Å². The summed E-state index contributed by atoms with van der Waals surface area (Å²) < 4.78 is 1.49. The number of fused-ring (bicyclic) bond motifs is 1. The molecule has 96 valence electrons. The number of hydrogen-bond donors (Lipinski definition) is 1. The molecule has 0 amide bonds. The van der Waals surface area contributed by atoms with E-state index in [-0.39, 0.29) is 0 Å². The number of nitrogen functional groups attached to an aromatic ring is 1. The molecule has 0 radical (unpaired) electrons. The lowest BCUT2D eigenvalue weighted by atomic mass is 10.1. The van der Waals surface area contributed by atoms with Crippen LogP contribution in [-0.2, 0) is 0 Å². The molecule has 7 heteroatoms. The zero-order valence-corrected chi connectivity index (χ0v) is 11.4. The van der Waals surface area contributed by atoms with Crippen LogP contribution in [0, 0.1) is 6.92 Å². The van der Waals surface area contributed by atoms with Crippen molar-refractivity contribution >= 4 is 34.8 Å². The van der Waals surface area contributed by atoms with Crippen LogP contribution in [0.25, 0.3) is 16.9 Å². The van der Waals surface area contributed by atoms with E-state index in [1.54, 1.807) is 12.1 Å². The van der Waals surface area contributed by atoms with Crippen molar-refractivity contribution in [3.63, 3.8) is 0 Å². The maximum absolute atomic E-state index is 6.13. The summed E-state index contributed by atoms with van der Waals surface area (Å²) in [4.78, 5) is 8.38. The van der Waals surface area contributed by atoms with Crippen LogP contribution >= 0.6 is 23.2 Å². The maximum atomic E-state index is 6.13. The Labute approximate surface area is 119 Å². The topological polar surface area (TPSA) is 69.1 Å². The van der Waals surface area contributed by atoms with Gasteiger partial charge in [-0.15, -0.1) is 0 Å². The largest absolute Gasteiger partial charge is 0.383 e. The molecule has 0 aliphatic carbocycles. The highest BCUT2D eigenvalue weighted by Gasteiger charge is 2.14. The van der Waals surface area contributed by atoms with Crippen LogP contribution in [0.3, 0.4) is 0 Å². The van der Waals surface area contributed by atoms with Crippen LogP contribution < -0.4 is 5.73 Å². The monoisotopic (exact) mass is 293 g/mol. The Hall–Kier alpha value is -1.85. The molecule has 0 unspecified atom stereocenters. The summed E-state index contributed by atoms with van der Waals surface area (Å²) in [5, 5.41) is 5.01. The van der Waals surface area contributed by atoms with Gasteiger partial charge < -0.3 is 5.73 Å². The molecular weight excluding hydrogens is 285 g/mol. The third-order valence-electron chi connectivity index (χ3n) is 2.85. The standard InChI is InChI=1S/C12H9Cl2N5/c1-6-10(7-2-3-8(13)9(14)4-7)11(15)19-12(18-6)16-5-17-19/h2-5H,15H2,1H3. The summed E-state index contributed by atoms with van der Waals surface area (Å²) in [6, 6.07) is 5.33. The molecule has 0 spiro atoms. The minimum absolute atomic E-state index is 0.469. The van der Waals surface area contributed by atoms with Crippen LogP contribution in [0.4, 0.5) is 5.82 Å². The van der Waals surface area contributed by atoms with Gasteiger partial charge >= 0.3 is 0 Å². The van der Waals surface area contributed by atoms with E-state index in [1.165, 1.54) is 10.8 Å². The summed E-state index contributed by atoms with van der Waals surface area (Å²) in [5.41, 5.74) is 8.51. The van der Waals surface area contributed by atoms with Crippen molar-refractivity contribution < 1.29 is 0 Å². The van der Waals surface area contributed by atoms with Gasteiger partial charge in [-0.2, -0.15) is 14.6 Å². The number of aryl methyl sites for hydroxylation is 1. The van der Waals surface area contributed by atoms with Crippen molar-refractivity contribution in [3.05, 3.63) is 40.3 Å². The van der Waals surface area contributed by atoms with Gasteiger partial charge in [0.05, 0.1) is 15.7 Å². The smallest absolute Gasteiger partial charge is 0.254 e. The molecule has 2 N–H and O–H groups in total. The molecule has 3 rings (SSSR count). The van der Waals surface area contributed by atoms with E-state index in [2.05, 4.69) is 15.1 Å². The van der Waals surface area contributed by atoms with Gasteiger partial charge in [0.2, 0.25) is 0 Å². The van der Waals surface area contributed by atoms with Crippen molar-refractivity contribution in [2.75, 3.05) is 5.73 Å². The van der Waals surface area contributed by atoms with E-state index < -0.39 is 0 Å². The Balaban J connectivity index is 2.31. The molecule has 19 heavy (non-hydrogen) atoms. The molecule has 0 fully saturated rings. The van der Waals surface area contributed by atoms with Crippen LogP contribution in [0.15, 0.2) is 24.5 Å². The van der Waals surface area contributed by atoms with Gasteiger partial charge in [0.15, 0.2) is 0 Å². The van der Waals surface area contributed by atoms with Crippen LogP contribution in [0.5, 0.6) is 0 Å².